The lowest BCUT2D eigenvalue weighted by molar-refractivity contribution is -0.116. The first-order valence-electron chi connectivity index (χ1n) is 6.63. The van der Waals surface area contributed by atoms with E-state index in [4.69, 9.17) is 5.73 Å². The lowest BCUT2D eigenvalue weighted by atomic mass is 10.0. The van der Waals surface area contributed by atoms with Crippen LogP contribution in [-0.4, -0.2) is 10.9 Å². The van der Waals surface area contributed by atoms with Gasteiger partial charge in [-0.1, -0.05) is 24.3 Å². The summed E-state index contributed by atoms with van der Waals surface area (Å²) in [4.78, 5) is 16.0. The molecule has 0 aliphatic carbocycles. The Kier molecular flexibility index (Phi) is 4.35. The van der Waals surface area contributed by atoms with Gasteiger partial charge >= 0.3 is 0 Å². The molecule has 0 fully saturated rings. The molecule has 0 aliphatic rings. The highest BCUT2D eigenvalue weighted by Crippen LogP contribution is 2.14. The number of carbonyl (C=O) groups excluding carboxylic acids is 1. The number of aryl methyl sites for hydroxylation is 3. The smallest absolute Gasteiger partial charge is 0.225 e. The maximum absolute atomic E-state index is 11.9. The number of pyridine rings is 1. The van der Waals surface area contributed by atoms with Crippen molar-refractivity contribution in [3.05, 3.63) is 53.2 Å². The number of nitrogens with zero attached hydrogens (tertiary/aromatic N) is 1. The highest BCUT2D eigenvalue weighted by molar-refractivity contribution is 5.90. The quantitative estimate of drug-likeness (QED) is 0.896. The highest BCUT2D eigenvalue weighted by atomic mass is 16.1. The molecule has 20 heavy (non-hydrogen) atoms. The Morgan fingerprint density at radius 1 is 1.25 bits per heavy atom. The summed E-state index contributed by atoms with van der Waals surface area (Å²) in [6, 6.07) is 9.87. The van der Waals surface area contributed by atoms with Crippen LogP contribution in [0.2, 0.25) is 0 Å². The molecule has 0 aliphatic heterocycles. The molecule has 1 aromatic carbocycles. The van der Waals surface area contributed by atoms with Crippen LogP contribution in [0.4, 0.5) is 11.5 Å². The van der Waals surface area contributed by atoms with E-state index in [0.29, 0.717) is 17.9 Å². The fraction of sp³-hybridized carbons (Fsp3) is 0.250. The molecule has 4 heteroatoms. The van der Waals surface area contributed by atoms with Crippen molar-refractivity contribution < 1.29 is 4.79 Å². The van der Waals surface area contributed by atoms with Crippen LogP contribution >= 0.6 is 0 Å². The summed E-state index contributed by atoms with van der Waals surface area (Å²) in [6.07, 6.45) is 2.73. The van der Waals surface area contributed by atoms with E-state index >= 15 is 0 Å². The topological polar surface area (TPSA) is 68.0 Å². The molecule has 4 nitrogen and oxygen atoms in total. The fourth-order valence-electron chi connectivity index (χ4n) is 1.98. The minimum absolute atomic E-state index is 0.0371. The maximum Gasteiger partial charge on any atom is 0.225 e. The molecule has 2 aromatic rings. The van der Waals surface area contributed by atoms with E-state index in [-0.39, 0.29) is 5.91 Å². The molecular weight excluding hydrogens is 250 g/mol. The first-order chi connectivity index (χ1) is 9.56. The Bertz CT molecular complexity index is 623. The van der Waals surface area contributed by atoms with Crippen LogP contribution in [0.15, 0.2) is 36.5 Å². The normalized spacial score (nSPS) is 10.3. The lowest BCUT2D eigenvalue weighted by Gasteiger charge is -2.08. The molecule has 0 unspecified atom stereocenters. The molecule has 0 saturated carbocycles. The predicted octanol–water partition coefficient (Wildman–Crippen LogP) is 2.85. The van der Waals surface area contributed by atoms with Crippen LogP contribution in [0.25, 0.3) is 0 Å². The van der Waals surface area contributed by atoms with E-state index in [1.165, 1.54) is 11.1 Å². The highest BCUT2D eigenvalue weighted by Gasteiger charge is 2.06. The summed E-state index contributed by atoms with van der Waals surface area (Å²) in [7, 11) is 0. The second-order valence-electron chi connectivity index (χ2n) is 4.90. The Hall–Kier alpha value is -2.36. The molecule has 0 spiro atoms. The van der Waals surface area contributed by atoms with Crippen molar-refractivity contribution in [1.29, 1.82) is 0 Å². The van der Waals surface area contributed by atoms with Gasteiger partial charge in [-0.3, -0.25) is 4.79 Å². The molecule has 0 saturated heterocycles. The van der Waals surface area contributed by atoms with E-state index < -0.39 is 0 Å². The Balaban J connectivity index is 1.93. The zero-order chi connectivity index (χ0) is 14.5. The average molecular weight is 269 g/mol. The van der Waals surface area contributed by atoms with Gasteiger partial charge in [0.2, 0.25) is 5.91 Å². The van der Waals surface area contributed by atoms with Crippen molar-refractivity contribution in [2.45, 2.75) is 26.7 Å². The number of carbonyl (C=O) groups is 1. The maximum atomic E-state index is 11.9. The Morgan fingerprint density at radius 2 is 2.00 bits per heavy atom. The summed E-state index contributed by atoms with van der Waals surface area (Å²) >= 11 is 0. The molecule has 1 aromatic heterocycles. The van der Waals surface area contributed by atoms with E-state index in [0.717, 1.165) is 12.0 Å². The number of anilines is 2. The van der Waals surface area contributed by atoms with Crippen molar-refractivity contribution in [2.75, 3.05) is 11.1 Å². The van der Waals surface area contributed by atoms with E-state index in [2.05, 4.69) is 23.3 Å². The zero-order valence-corrected chi connectivity index (χ0v) is 11.8. The van der Waals surface area contributed by atoms with E-state index in [9.17, 15) is 4.79 Å². The summed E-state index contributed by atoms with van der Waals surface area (Å²) < 4.78 is 0. The summed E-state index contributed by atoms with van der Waals surface area (Å²) in [5.74, 6) is 0.511. The van der Waals surface area contributed by atoms with Crippen LogP contribution in [0.1, 0.15) is 23.1 Å². The molecule has 0 bridgehead atoms. The van der Waals surface area contributed by atoms with Gasteiger partial charge in [0, 0.05) is 6.42 Å². The Morgan fingerprint density at radius 3 is 2.70 bits per heavy atom. The van der Waals surface area contributed by atoms with Crippen LogP contribution in [0.3, 0.4) is 0 Å². The zero-order valence-electron chi connectivity index (χ0n) is 11.8. The van der Waals surface area contributed by atoms with Gasteiger partial charge in [-0.2, -0.15) is 0 Å². The van der Waals surface area contributed by atoms with E-state index in [1.807, 2.05) is 25.1 Å². The van der Waals surface area contributed by atoms with Crippen LogP contribution < -0.4 is 11.1 Å². The van der Waals surface area contributed by atoms with Gasteiger partial charge in [0.1, 0.15) is 5.82 Å². The number of nitrogens with two attached hydrogens (primary N) is 1. The third-order valence-corrected chi connectivity index (χ3v) is 3.30. The van der Waals surface area contributed by atoms with Gasteiger partial charge in [-0.15, -0.1) is 0 Å². The monoisotopic (exact) mass is 269 g/mol. The molecule has 1 heterocycles. The van der Waals surface area contributed by atoms with E-state index in [1.54, 1.807) is 12.3 Å². The minimum atomic E-state index is -0.0371. The second kappa shape index (κ2) is 6.19. The number of hydrogen-bond donors (Lipinski definition) is 2. The number of benzene rings is 1. The Labute approximate surface area is 119 Å². The molecule has 0 radical (unpaired) electrons. The number of amides is 1. The van der Waals surface area contributed by atoms with Gasteiger partial charge in [-0.05, 0) is 43.0 Å². The lowest BCUT2D eigenvalue weighted by Crippen LogP contribution is -2.14. The van der Waals surface area contributed by atoms with Gasteiger partial charge in [0.05, 0.1) is 11.9 Å². The van der Waals surface area contributed by atoms with Gasteiger partial charge in [0.15, 0.2) is 0 Å². The SMILES string of the molecule is Cc1cc(NC(=O)CCc2ccccc2C)ncc1N. The molecule has 104 valence electrons. The second-order valence-corrected chi connectivity index (χ2v) is 4.90. The number of aromatic nitrogens is 1. The van der Waals surface area contributed by atoms with Gasteiger partial charge < -0.3 is 11.1 Å². The van der Waals surface area contributed by atoms with Crippen LogP contribution in [0, 0.1) is 13.8 Å². The number of hydrogen-bond acceptors (Lipinski definition) is 3. The number of rotatable bonds is 4. The summed E-state index contributed by atoms with van der Waals surface area (Å²) in [5, 5.41) is 2.79. The molecule has 3 N–H and O–H groups in total. The van der Waals surface area contributed by atoms with Crippen LogP contribution in [0.5, 0.6) is 0 Å². The standard InChI is InChI=1S/C16H19N3O/c1-11-5-3-4-6-13(11)7-8-16(20)19-15-9-12(2)14(17)10-18-15/h3-6,9-10H,7-8,17H2,1-2H3,(H,18,19,20). The first kappa shape index (κ1) is 14.1. The van der Waals surface area contributed by atoms with Gasteiger partial charge in [-0.25, -0.2) is 4.98 Å². The first-order valence-corrected chi connectivity index (χ1v) is 6.63. The van der Waals surface area contributed by atoms with Crippen molar-refractivity contribution in [3.8, 4) is 0 Å². The summed E-state index contributed by atoms with van der Waals surface area (Å²) in [6.45, 7) is 3.94. The largest absolute Gasteiger partial charge is 0.397 e. The van der Waals surface area contributed by atoms with Crippen molar-refractivity contribution >= 4 is 17.4 Å². The predicted molar refractivity (Wildman–Crippen MR) is 81.5 cm³/mol. The molecular formula is C16H19N3O. The minimum Gasteiger partial charge on any atom is -0.397 e. The summed E-state index contributed by atoms with van der Waals surface area (Å²) in [5.41, 5.74) is 9.64. The van der Waals surface area contributed by atoms with Crippen molar-refractivity contribution in [2.24, 2.45) is 0 Å². The average Bonchev–Trinajstić information content (AvgIpc) is 2.42. The number of nitrogens with one attached hydrogen (secondary N) is 1. The fourth-order valence-corrected chi connectivity index (χ4v) is 1.98. The van der Waals surface area contributed by atoms with Crippen molar-refractivity contribution in [1.82, 2.24) is 4.98 Å². The third-order valence-electron chi connectivity index (χ3n) is 3.30. The molecule has 2 rings (SSSR count). The number of nitrogen functional groups attached to an aromatic ring is 1. The van der Waals surface area contributed by atoms with Crippen LogP contribution in [-0.2, 0) is 11.2 Å². The molecule has 1 amide bonds. The molecule has 0 atom stereocenters. The van der Waals surface area contributed by atoms with Crippen molar-refractivity contribution in [3.63, 3.8) is 0 Å². The third kappa shape index (κ3) is 3.57. The van der Waals surface area contributed by atoms with Gasteiger partial charge in [0.25, 0.3) is 0 Å².